The van der Waals surface area contributed by atoms with Crippen molar-refractivity contribution in [1.82, 2.24) is 0 Å². The molecule has 0 bridgehead atoms. The monoisotopic (exact) mass is 172 g/mol. The number of hydrogen-bond donors (Lipinski definition) is 2. The first-order chi connectivity index (χ1) is 2.00. The molecule has 0 aliphatic heterocycles. The van der Waals surface area contributed by atoms with E-state index in [0.29, 0.717) is 0 Å². The second-order valence-electron chi connectivity index (χ2n) is 0.448. The van der Waals surface area contributed by atoms with Crippen LogP contribution in [0.2, 0.25) is 0 Å². The maximum atomic E-state index is 8.74. The van der Waals surface area contributed by atoms with E-state index < -0.39 is 10.4 Å². The summed E-state index contributed by atoms with van der Waals surface area (Å²) in [6.07, 6.45) is 0. The third-order valence-corrected chi connectivity index (χ3v) is 0. The van der Waals surface area contributed by atoms with Crippen molar-refractivity contribution in [2.75, 3.05) is 0 Å². The molecule has 7 heavy (non-hydrogen) atoms. The van der Waals surface area contributed by atoms with Crippen LogP contribution in [-0.2, 0) is 10.4 Å². The third-order valence-electron chi connectivity index (χ3n) is 0. The second kappa shape index (κ2) is 5.98. The molecule has 0 unspecified atom stereocenters. The summed E-state index contributed by atoms with van der Waals surface area (Å²) in [5, 5.41) is 0. The molecular weight excluding hydrogens is 167 g/mol. The largest absolute Gasteiger partial charge is 1.00 e. The predicted molar refractivity (Wildman–Crippen MR) is 25.7 cm³/mol. The van der Waals surface area contributed by atoms with Gasteiger partial charge in [0.2, 0.25) is 0 Å². The maximum absolute atomic E-state index is 8.74. The zero-order valence-electron chi connectivity index (χ0n) is 4.62. The summed E-state index contributed by atoms with van der Waals surface area (Å²) >= 11 is 0. The minimum atomic E-state index is -4.67. The molecule has 0 aromatic heterocycles. The van der Waals surface area contributed by atoms with Crippen molar-refractivity contribution < 1.29 is 70.3 Å². The Morgan fingerprint density at radius 1 is 1.29 bits per heavy atom. The first-order valence-corrected chi connectivity index (χ1v) is 2.10. The van der Waals surface area contributed by atoms with Gasteiger partial charge in [0.05, 0.1) is 0 Å². The molecule has 0 amide bonds. The fourth-order valence-corrected chi connectivity index (χ4v) is 0. The Bertz CT molecular complexity index is 97.2. The maximum Gasteiger partial charge on any atom is 1.00 e. The molecule has 0 saturated heterocycles. The molecule has 2 N–H and O–H groups in total. The van der Waals surface area contributed by atoms with Crippen molar-refractivity contribution in [3.8, 4) is 0 Å². The average Bonchev–Trinajstić information content (AvgIpc) is 0.722. The number of rotatable bonds is 0. The molecule has 42 valence electrons. The Kier molecular flexibility index (Phi) is 13.6. The first-order valence-electron chi connectivity index (χ1n) is 0.698. The van der Waals surface area contributed by atoms with Crippen LogP contribution < -0.4 is 51.4 Å². The van der Waals surface area contributed by atoms with E-state index in [1.165, 1.54) is 0 Å². The van der Waals surface area contributed by atoms with E-state index in [2.05, 4.69) is 0 Å². The molecule has 0 aliphatic rings. The summed E-state index contributed by atoms with van der Waals surface area (Å²) in [7, 11) is -4.67. The normalized spacial score (nSPS) is 8.29. The molecule has 0 heterocycles. The molecule has 0 aliphatic carbocycles. The quantitative estimate of drug-likeness (QED) is 0.295. The van der Waals surface area contributed by atoms with Gasteiger partial charge in [0.1, 0.15) is 0 Å². The minimum absolute atomic E-state index is 0. The van der Waals surface area contributed by atoms with E-state index in [1.54, 1.807) is 0 Å². The van der Waals surface area contributed by atoms with Gasteiger partial charge in [-0.3, -0.25) is 9.11 Å². The fraction of sp³-hybridized carbons (Fsp3) is 0. The van der Waals surface area contributed by atoms with Gasteiger partial charge < -0.3 is 1.43 Å². The van der Waals surface area contributed by atoms with Crippen LogP contribution in [0.5, 0.6) is 0 Å². The molecule has 0 atom stereocenters. The van der Waals surface area contributed by atoms with Gasteiger partial charge in [-0.2, -0.15) is 21.9 Å². The summed E-state index contributed by atoms with van der Waals surface area (Å²) in [5.74, 6) is 0. The summed E-state index contributed by atoms with van der Waals surface area (Å²) in [5.41, 5.74) is 0. The van der Waals surface area contributed by atoms with Crippen LogP contribution in [0.3, 0.4) is 0 Å². The van der Waals surface area contributed by atoms with Crippen LogP contribution in [0.1, 0.15) is 1.43 Å². The van der Waals surface area contributed by atoms with E-state index in [-0.39, 0.29) is 66.3 Å². The Hall–Kier alpha value is 1.86. The van der Waals surface area contributed by atoms with E-state index >= 15 is 0 Å². The molecule has 0 fully saturated rings. The van der Waals surface area contributed by atoms with Crippen molar-refractivity contribution in [3.05, 3.63) is 0 Å². The van der Waals surface area contributed by atoms with Gasteiger partial charge in [-0.1, -0.05) is 0 Å². The fourth-order valence-electron chi connectivity index (χ4n) is 0. The van der Waals surface area contributed by atoms with Gasteiger partial charge in [-0.05, 0) is 0 Å². The average molecular weight is 172 g/mol. The molecule has 0 aromatic carbocycles. The summed E-state index contributed by atoms with van der Waals surface area (Å²) in [4.78, 5) is 0. The van der Waals surface area contributed by atoms with Crippen LogP contribution in [-0.4, -0.2) is 17.5 Å². The number of hydrogen-bond acceptors (Lipinski definition) is 2. The molecule has 4 nitrogen and oxygen atoms in total. The molecule has 0 aromatic rings. The smallest absolute Gasteiger partial charge is 1.00 e. The minimum Gasteiger partial charge on any atom is -1.00 e. The van der Waals surface area contributed by atoms with Gasteiger partial charge in [-0.15, -0.1) is 0 Å². The van der Waals surface area contributed by atoms with Crippen molar-refractivity contribution >= 4 is 23.9 Å². The van der Waals surface area contributed by atoms with Crippen molar-refractivity contribution in [2.24, 2.45) is 0 Å². The summed E-state index contributed by atoms with van der Waals surface area (Å²) in [6.45, 7) is 0. The van der Waals surface area contributed by atoms with Crippen LogP contribution in [0.25, 0.3) is 0 Å². The van der Waals surface area contributed by atoms with Crippen LogP contribution in [0, 0.1) is 0 Å². The summed E-state index contributed by atoms with van der Waals surface area (Å²) < 4.78 is 31.6. The topological polar surface area (TPSA) is 74.6 Å². The van der Waals surface area contributed by atoms with Crippen molar-refractivity contribution in [2.45, 2.75) is 0 Å². The third kappa shape index (κ3) is 78.2. The predicted octanol–water partition coefficient (Wildman–Crippen LogP) is -3.42. The van der Waals surface area contributed by atoms with Gasteiger partial charge in [0.25, 0.3) is 0 Å². The van der Waals surface area contributed by atoms with Crippen LogP contribution in [0.4, 0.5) is 0 Å². The SMILES string of the molecule is O=S(=O)(O)O.S.[H-].[K+]. The molecular formula is H5KO4S2. The Morgan fingerprint density at radius 2 is 1.29 bits per heavy atom. The standard InChI is InChI=1S/K.H2O4S.H2S.H/c;1-5(2,3)4;;/h;(H2,1,2,3,4);1H2;/q+1;;;-1. The Morgan fingerprint density at radius 3 is 1.29 bits per heavy atom. The first kappa shape index (κ1) is 15.9. The van der Waals surface area contributed by atoms with E-state index in [0.717, 1.165) is 0 Å². The van der Waals surface area contributed by atoms with Crippen molar-refractivity contribution in [3.63, 3.8) is 0 Å². The van der Waals surface area contributed by atoms with E-state index in [4.69, 9.17) is 17.5 Å². The van der Waals surface area contributed by atoms with Gasteiger partial charge in [-0.25, -0.2) is 0 Å². The second-order valence-corrected chi connectivity index (χ2v) is 1.34. The van der Waals surface area contributed by atoms with Gasteiger partial charge in [0, 0.05) is 0 Å². The van der Waals surface area contributed by atoms with Gasteiger partial charge in [0.15, 0.2) is 0 Å². The molecule has 0 radical (unpaired) electrons. The van der Waals surface area contributed by atoms with E-state index in [1.807, 2.05) is 0 Å². The zero-order valence-corrected chi connectivity index (χ0v) is 8.56. The Labute approximate surface area is 92.6 Å². The molecule has 0 saturated carbocycles. The van der Waals surface area contributed by atoms with Crippen LogP contribution >= 0.6 is 13.5 Å². The van der Waals surface area contributed by atoms with Crippen LogP contribution in [0.15, 0.2) is 0 Å². The zero-order chi connectivity index (χ0) is 4.50. The Balaban J connectivity index is -0.0000000267. The van der Waals surface area contributed by atoms with E-state index in [9.17, 15) is 0 Å². The van der Waals surface area contributed by atoms with Gasteiger partial charge >= 0.3 is 61.8 Å². The van der Waals surface area contributed by atoms with Crippen molar-refractivity contribution in [1.29, 1.82) is 0 Å². The summed E-state index contributed by atoms with van der Waals surface area (Å²) in [6, 6.07) is 0. The molecule has 0 rings (SSSR count). The molecule has 7 heteroatoms. The molecule has 0 spiro atoms.